The van der Waals surface area contributed by atoms with Crippen LogP contribution in [0.2, 0.25) is 0 Å². The molecule has 0 spiro atoms. The molecule has 180 valence electrons. The van der Waals surface area contributed by atoms with Crippen LogP contribution >= 0.6 is 11.8 Å². The van der Waals surface area contributed by atoms with Crippen LogP contribution in [0.5, 0.6) is 0 Å². The SMILES string of the molecule is O=C(Cn1nc2c(c1NC(=O)C1CC(=O)N(c3ccc(F)cc3)C1)CSC2)NCc1ccccc1. The van der Waals surface area contributed by atoms with Crippen molar-refractivity contribution in [2.45, 2.75) is 31.0 Å². The number of nitrogens with one attached hydrogen (secondary N) is 2. The maximum absolute atomic E-state index is 13.3. The third kappa shape index (κ3) is 5.07. The lowest BCUT2D eigenvalue weighted by molar-refractivity contribution is -0.122. The Balaban J connectivity index is 1.26. The minimum atomic E-state index is -0.562. The van der Waals surface area contributed by atoms with E-state index in [1.807, 2.05) is 30.3 Å². The van der Waals surface area contributed by atoms with E-state index < -0.39 is 5.92 Å². The van der Waals surface area contributed by atoms with Crippen molar-refractivity contribution >= 4 is 41.0 Å². The number of hydrogen-bond donors (Lipinski definition) is 2. The van der Waals surface area contributed by atoms with Gasteiger partial charge in [0.05, 0.1) is 11.6 Å². The smallest absolute Gasteiger partial charge is 0.242 e. The summed E-state index contributed by atoms with van der Waals surface area (Å²) in [6.07, 6.45) is 0.0614. The van der Waals surface area contributed by atoms with Crippen LogP contribution < -0.4 is 15.5 Å². The summed E-state index contributed by atoms with van der Waals surface area (Å²) in [7, 11) is 0. The summed E-state index contributed by atoms with van der Waals surface area (Å²) in [5.41, 5.74) is 3.32. The van der Waals surface area contributed by atoms with Crippen LogP contribution in [-0.2, 0) is 39.0 Å². The van der Waals surface area contributed by atoms with E-state index >= 15 is 0 Å². The Morgan fingerprint density at radius 2 is 1.86 bits per heavy atom. The third-order valence-electron chi connectivity index (χ3n) is 6.12. The zero-order valence-corrected chi connectivity index (χ0v) is 19.7. The first kappa shape index (κ1) is 23.1. The average molecular weight is 494 g/mol. The molecule has 2 N–H and O–H groups in total. The van der Waals surface area contributed by atoms with E-state index in [1.165, 1.54) is 33.8 Å². The Kier molecular flexibility index (Phi) is 6.54. The first-order valence-corrected chi connectivity index (χ1v) is 12.5. The summed E-state index contributed by atoms with van der Waals surface area (Å²) >= 11 is 1.70. The molecule has 2 aromatic carbocycles. The predicted molar refractivity (Wildman–Crippen MR) is 131 cm³/mol. The van der Waals surface area contributed by atoms with Gasteiger partial charge in [0.2, 0.25) is 17.7 Å². The molecule has 3 aromatic rings. The minimum Gasteiger partial charge on any atom is -0.350 e. The number of fused-ring (bicyclic) bond motifs is 1. The fraction of sp³-hybridized carbons (Fsp3) is 0.280. The number of amides is 3. The largest absolute Gasteiger partial charge is 0.350 e. The second kappa shape index (κ2) is 9.91. The summed E-state index contributed by atoms with van der Waals surface area (Å²) in [5, 5.41) is 10.4. The van der Waals surface area contributed by atoms with Crippen molar-refractivity contribution in [3.05, 3.63) is 77.2 Å². The van der Waals surface area contributed by atoms with Crippen molar-refractivity contribution < 1.29 is 18.8 Å². The summed E-state index contributed by atoms with van der Waals surface area (Å²) < 4.78 is 14.8. The average Bonchev–Trinajstić information content (AvgIpc) is 3.55. The molecule has 0 radical (unpaired) electrons. The van der Waals surface area contributed by atoms with Crippen LogP contribution in [-0.4, -0.2) is 34.0 Å². The maximum Gasteiger partial charge on any atom is 0.242 e. The van der Waals surface area contributed by atoms with Crippen molar-refractivity contribution in [3.8, 4) is 0 Å². The van der Waals surface area contributed by atoms with Crippen LogP contribution in [0.4, 0.5) is 15.9 Å². The lowest BCUT2D eigenvalue weighted by atomic mass is 10.1. The van der Waals surface area contributed by atoms with E-state index in [2.05, 4.69) is 15.7 Å². The molecule has 1 fully saturated rings. The van der Waals surface area contributed by atoms with Crippen molar-refractivity contribution in [1.29, 1.82) is 0 Å². The third-order valence-corrected chi connectivity index (χ3v) is 7.09. The highest BCUT2D eigenvalue weighted by Crippen LogP contribution is 2.35. The molecule has 35 heavy (non-hydrogen) atoms. The lowest BCUT2D eigenvalue weighted by Gasteiger charge is -2.17. The van der Waals surface area contributed by atoms with Gasteiger partial charge in [-0.2, -0.15) is 16.9 Å². The van der Waals surface area contributed by atoms with E-state index in [0.29, 0.717) is 23.8 Å². The topological polar surface area (TPSA) is 96.3 Å². The van der Waals surface area contributed by atoms with Crippen LogP contribution in [0.3, 0.4) is 0 Å². The molecule has 0 aliphatic carbocycles. The van der Waals surface area contributed by atoms with Gasteiger partial charge in [0.25, 0.3) is 0 Å². The Bertz CT molecular complexity index is 1260. The molecule has 2 aliphatic heterocycles. The Labute approximate surface area is 205 Å². The first-order valence-electron chi connectivity index (χ1n) is 11.3. The number of anilines is 2. The van der Waals surface area contributed by atoms with E-state index in [-0.39, 0.29) is 43.0 Å². The molecule has 3 amide bonds. The highest BCUT2D eigenvalue weighted by atomic mass is 32.2. The molecular formula is C25H24FN5O3S. The van der Waals surface area contributed by atoms with Crippen molar-refractivity contribution in [3.63, 3.8) is 0 Å². The standard InChI is InChI=1S/C25H24FN5O3S/c26-18-6-8-19(9-7-18)30-12-17(10-23(30)33)25(34)28-24-20-14-35-15-21(20)29-31(24)13-22(32)27-11-16-4-2-1-3-5-16/h1-9,17H,10-15H2,(H,27,32)(H,28,34). The number of rotatable bonds is 7. The molecule has 10 heteroatoms. The van der Waals surface area contributed by atoms with Gasteiger partial charge in [0.15, 0.2) is 0 Å². The first-order chi connectivity index (χ1) is 17.0. The molecule has 5 rings (SSSR count). The Morgan fingerprint density at radius 1 is 1.09 bits per heavy atom. The van der Waals surface area contributed by atoms with Crippen LogP contribution in [0, 0.1) is 11.7 Å². The molecule has 1 unspecified atom stereocenters. The summed E-state index contributed by atoms with van der Waals surface area (Å²) in [6.45, 7) is 0.589. The van der Waals surface area contributed by atoms with Gasteiger partial charge >= 0.3 is 0 Å². The van der Waals surface area contributed by atoms with Gasteiger partial charge in [0, 0.05) is 42.3 Å². The number of aromatic nitrogens is 2. The van der Waals surface area contributed by atoms with Crippen LogP contribution in [0.15, 0.2) is 54.6 Å². The van der Waals surface area contributed by atoms with Gasteiger partial charge in [-0.3, -0.25) is 14.4 Å². The molecule has 8 nitrogen and oxygen atoms in total. The summed E-state index contributed by atoms with van der Waals surface area (Å²) in [5.74, 6) is 0.281. The number of carbonyl (C=O) groups excluding carboxylic acids is 3. The molecule has 1 aromatic heterocycles. The molecule has 0 bridgehead atoms. The molecular weight excluding hydrogens is 469 g/mol. The molecule has 3 heterocycles. The molecule has 1 saturated heterocycles. The second-order valence-corrected chi connectivity index (χ2v) is 9.54. The van der Waals surface area contributed by atoms with Crippen LogP contribution in [0.1, 0.15) is 23.2 Å². The summed E-state index contributed by atoms with van der Waals surface area (Å²) in [4.78, 5) is 39.8. The second-order valence-electron chi connectivity index (χ2n) is 8.56. The number of carbonyl (C=O) groups is 3. The van der Waals surface area contributed by atoms with Crippen molar-refractivity contribution in [1.82, 2.24) is 15.1 Å². The van der Waals surface area contributed by atoms with E-state index in [9.17, 15) is 18.8 Å². The molecule has 2 aliphatic rings. The Morgan fingerprint density at radius 3 is 2.63 bits per heavy atom. The van der Waals surface area contributed by atoms with Gasteiger partial charge in [-0.25, -0.2) is 9.07 Å². The molecule has 0 saturated carbocycles. The van der Waals surface area contributed by atoms with Gasteiger partial charge in [-0.05, 0) is 29.8 Å². The maximum atomic E-state index is 13.3. The minimum absolute atomic E-state index is 0.0224. The molecule has 1 atom stereocenters. The monoisotopic (exact) mass is 493 g/mol. The normalized spacial score (nSPS) is 16.9. The van der Waals surface area contributed by atoms with Gasteiger partial charge in [0.1, 0.15) is 18.2 Å². The van der Waals surface area contributed by atoms with E-state index in [0.717, 1.165) is 22.6 Å². The number of nitrogens with zero attached hydrogens (tertiary/aromatic N) is 3. The number of hydrogen-bond acceptors (Lipinski definition) is 5. The van der Waals surface area contributed by atoms with Crippen molar-refractivity contribution in [2.75, 3.05) is 16.8 Å². The van der Waals surface area contributed by atoms with Crippen LogP contribution in [0.25, 0.3) is 0 Å². The fourth-order valence-electron chi connectivity index (χ4n) is 4.28. The van der Waals surface area contributed by atoms with E-state index in [4.69, 9.17) is 0 Å². The van der Waals surface area contributed by atoms with E-state index in [1.54, 1.807) is 11.8 Å². The zero-order valence-electron chi connectivity index (χ0n) is 18.9. The lowest BCUT2D eigenvalue weighted by Crippen LogP contribution is -2.31. The van der Waals surface area contributed by atoms with Gasteiger partial charge in [-0.15, -0.1) is 0 Å². The Hall–Kier alpha value is -3.66. The number of thioether (sulfide) groups is 1. The quantitative estimate of drug-likeness (QED) is 0.527. The number of benzene rings is 2. The predicted octanol–water partition coefficient (Wildman–Crippen LogP) is 3.08. The number of halogens is 1. The van der Waals surface area contributed by atoms with Gasteiger partial charge in [-0.1, -0.05) is 30.3 Å². The summed E-state index contributed by atoms with van der Waals surface area (Å²) in [6, 6.07) is 15.2. The van der Waals surface area contributed by atoms with Crippen molar-refractivity contribution in [2.24, 2.45) is 5.92 Å². The zero-order chi connectivity index (χ0) is 24.4. The fourth-order valence-corrected chi connectivity index (χ4v) is 5.32. The highest BCUT2D eigenvalue weighted by Gasteiger charge is 2.36. The highest BCUT2D eigenvalue weighted by molar-refractivity contribution is 7.98. The van der Waals surface area contributed by atoms with Gasteiger partial charge < -0.3 is 15.5 Å².